The van der Waals surface area contributed by atoms with Gasteiger partial charge < -0.3 is 29.5 Å². The number of nitrogens with zero attached hydrogens (tertiary/aromatic N) is 5. The smallest absolute Gasteiger partial charge is 0.407 e. The maximum absolute atomic E-state index is 15.1. The van der Waals surface area contributed by atoms with Crippen molar-refractivity contribution in [2.24, 2.45) is 17.8 Å². The lowest BCUT2D eigenvalue weighted by Gasteiger charge is -2.53. The Morgan fingerprint density at radius 2 is 1.82 bits per heavy atom. The second kappa shape index (κ2) is 15.7. The molecule has 0 aromatic heterocycles. The van der Waals surface area contributed by atoms with Gasteiger partial charge in [-0.1, -0.05) is 18.6 Å². The van der Waals surface area contributed by atoms with Crippen molar-refractivity contribution in [2.45, 2.75) is 50.1 Å². The Hall–Kier alpha value is -3.30. The second-order valence-electron chi connectivity index (χ2n) is 14.9. The fourth-order valence-electron chi connectivity index (χ4n) is 9.26. The number of ether oxygens (including phenoxy) is 2. The van der Waals surface area contributed by atoms with E-state index >= 15 is 8.78 Å². The van der Waals surface area contributed by atoms with Crippen LogP contribution in [0.1, 0.15) is 48.8 Å². The summed E-state index contributed by atoms with van der Waals surface area (Å²) in [6.45, 7) is 8.87. The maximum Gasteiger partial charge on any atom is 0.407 e. The summed E-state index contributed by atoms with van der Waals surface area (Å²) >= 11 is 0. The van der Waals surface area contributed by atoms with Crippen LogP contribution in [-0.2, 0) is 21.4 Å². The van der Waals surface area contributed by atoms with Gasteiger partial charge in [-0.25, -0.2) is 13.6 Å². The number of rotatable bonds is 11. The molecule has 3 aliphatic heterocycles. The first-order valence-corrected chi connectivity index (χ1v) is 17.9. The van der Waals surface area contributed by atoms with Gasteiger partial charge in [-0.2, -0.15) is 5.26 Å². The standard InChI is InChI=1S/C38H52F2N6O3/c1-43(2)25-29-19-36(34(40)18-28(29)21-41)46-23-27(24-46)22-44-12-10-30(11-13-44)38(26-45-14-16-49-17-15-45,31-6-4-7-32(39)20-31)33-8-5-9-35(33)42-37(47)48-3/h4,6-7,18-20,27,30,33,35H,5,8-17,22-26H2,1-3H3,(H,42,47)/t33-,35-,38?/m0/s1. The number of hydrogen-bond donors (Lipinski definition) is 1. The van der Waals surface area contributed by atoms with E-state index in [9.17, 15) is 10.1 Å². The zero-order valence-corrected chi connectivity index (χ0v) is 29.3. The van der Waals surface area contributed by atoms with E-state index in [1.54, 1.807) is 6.07 Å². The molecule has 2 aromatic rings. The van der Waals surface area contributed by atoms with Crippen molar-refractivity contribution in [1.82, 2.24) is 20.0 Å². The summed E-state index contributed by atoms with van der Waals surface area (Å²) < 4.78 is 40.9. The van der Waals surface area contributed by atoms with Crippen LogP contribution in [0.5, 0.6) is 0 Å². The van der Waals surface area contributed by atoms with Crippen molar-refractivity contribution in [2.75, 3.05) is 91.7 Å². The van der Waals surface area contributed by atoms with Crippen LogP contribution in [0.15, 0.2) is 36.4 Å². The van der Waals surface area contributed by atoms with Crippen molar-refractivity contribution in [3.8, 4) is 6.07 Å². The van der Waals surface area contributed by atoms with Crippen LogP contribution in [0.3, 0.4) is 0 Å². The molecule has 266 valence electrons. The molecule has 4 aliphatic rings. The highest BCUT2D eigenvalue weighted by atomic mass is 19.1. The van der Waals surface area contributed by atoms with Gasteiger partial charge in [-0.15, -0.1) is 0 Å². The van der Waals surface area contributed by atoms with Gasteiger partial charge in [-0.3, -0.25) is 4.90 Å². The number of anilines is 1. The van der Waals surface area contributed by atoms with Crippen LogP contribution >= 0.6 is 0 Å². The van der Waals surface area contributed by atoms with Crippen LogP contribution in [0.4, 0.5) is 19.3 Å². The number of piperidine rings is 1. The van der Waals surface area contributed by atoms with Gasteiger partial charge in [0.1, 0.15) is 11.6 Å². The first-order chi connectivity index (χ1) is 23.7. The molecule has 1 unspecified atom stereocenters. The first-order valence-electron chi connectivity index (χ1n) is 17.9. The number of morpholine rings is 1. The fraction of sp³-hybridized carbons (Fsp3) is 0.632. The van der Waals surface area contributed by atoms with Gasteiger partial charge in [-0.05, 0) is 100 Å². The first kappa shape index (κ1) is 35.5. The minimum Gasteiger partial charge on any atom is -0.453 e. The van der Waals surface area contributed by atoms with E-state index in [4.69, 9.17) is 9.47 Å². The molecular weight excluding hydrogens is 626 g/mol. The number of methoxy groups -OCH3 is 1. The quantitative estimate of drug-likeness (QED) is 0.362. The van der Waals surface area contributed by atoms with E-state index in [1.165, 1.54) is 19.2 Å². The molecule has 49 heavy (non-hydrogen) atoms. The number of benzene rings is 2. The largest absolute Gasteiger partial charge is 0.453 e. The third-order valence-electron chi connectivity index (χ3n) is 11.5. The summed E-state index contributed by atoms with van der Waals surface area (Å²) in [6, 6.07) is 12.6. The summed E-state index contributed by atoms with van der Waals surface area (Å²) in [5, 5.41) is 12.7. The third-order valence-corrected chi connectivity index (χ3v) is 11.5. The maximum atomic E-state index is 15.1. The van der Waals surface area contributed by atoms with Gasteiger partial charge in [0.25, 0.3) is 0 Å². The molecule has 6 rings (SSSR count). The van der Waals surface area contributed by atoms with E-state index in [0.29, 0.717) is 42.8 Å². The zero-order valence-electron chi connectivity index (χ0n) is 29.3. The highest BCUT2D eigenvalue weighted by molar-refractivity contribution is 5.67. The molecule has 1 saturated carbocycles. The minimum absolute atomic E-state index is 0.0448. The second-order valence-corrected chi connectivity index (χ2v) is 14.9. The van der Waals surface area contributed by atoms with Crippen molar-refractivity contribution >= 4 is 11.8 Å². The molecule has 0 spiro atoms. The van der Waals surface area contributed by atoms with Crippen LogP contribution in [0.25, 0.3) is 0 Å². The Morgan fingerprint density at radius 1 is 1.06 bits per heavy atom. The lowest BCUT2D eigenvalue weighted by Crippen LogP contribution is -2.59. The molecule has 1 amide bonds. The van der Waals surface area contributed by atoms with Crippen LogP contribution in [0.2, 0.25) is 0 Å². The number of halogens is 2. The molecule has 3 atom stereocenters. The van der Waals surface area contributed by atoms with Crippen LogP contribution in [-0.4, -0.2) is 114 Å². The highest BCUT2D eigenvalue weighted by Gasteiger charge is 2.53. The predicted molar refractivity (Wildman–Crippen MR) is 185 cm³/mol. The van der Waals surface area contributed by atoms with E-state index in [-0.39, 0.29) is 29.0 Å². The number of alkyl carbamates (subject to hydrolysis) is 1. The van der Waals surface area contributed by atoms with Crippen molar-refractivity contribution < 1.29 is 23.0 Å². The summed E-state index contributed by atoms with van der Waals surface area (Å²) in [6.07, 6.45) is 4.42. The number of carbonyl (C=O) groups is 1. The minimum atomic E-state index is -0.407. The highest BCUT2D eigenvalue weighted by Crippen LogP contribution is 2.51. The number of amides is 1. The molecule has 11 heteroatoms. The fourth-order valence-corrected chi connectivity index (χ4v) is 9.26. The Bertz CT molecular complexity index is 1480. The van der Waals surface area contributed by atoms with E-state index in [0.717, 1.165) is 95.6 Å². The van der Waals surface area contributed by atoms with Gasteiger partial charge >= 0.3 is 6.09 Å². The number of nitriles is 1. The molecule has 3 heterocycles. The molecule has 2 aromatic carbocycles. The van der Waals surface area contributed by atoms with Crippen LogP contribution < -0.4 is 10.2 Å². The molecule has 1 aliphatic carbocycles. The van der Waals surface area contributed by atoms with E-state index < -0.39 is 6.09 Å². The summed E-state index contributed by atoms with van der Waals surface area (Å²) in [5.41, 5.74) is 2.51. The number of likely N-dealkylation sites (tertiary alicyclic amines) is 1. The molecule has 9 nitrogen and oxygen atoms in total. The van der Waals surface area contributed by atoms with Gasteiger partial charge in [0.15, 0.2) is 0 Å². The summed E-state index contributed by atoms with van der Waals surface area (Å²) in [7, 11) is 5.31. The Labute approximate surface area is 290 Å². The summed E-state index contributed by atoms with van der Waals surface area (Å²) in [5.74, 6) is 0.332. The lowest BCUT2D eigenvalue weighted by atomic mass is 9.58. The number of hydrogen-bond acceptors (Lipinski definition) is 8. The van der Waals surface area contributed by atoms with E-state index in [2.05, 4.69) is 32.2 Å². The average Bonchev–Trinajstić information content (AvgIpc) is 3.54. The SMILES string of the molecule is COC(=O)N[C@H]1CCC[C@@H]1C(CN1CCOCC1)(c1cccc(F)c1)C1CCN(CC2CN(c3cc(CN(C)C)c(C#N)cc3F)C2)CC1. The number of nitrogens with one attached hydrogen (secondary N) is 1. The zero-order chi connectivity index (χ0) is 34.5. The van der Waals surface area contributed by atoms with Gasteiger partial charge in [0.05, 0.1) is 37.6 Å². The normalized spacial score (nSPS) is 24.0. The number of carbonyl (C=O) groups excluding carboxylic acids is 1. The average molecular weight is 679 g/mol. The van der Waals surface area contributed by atoms with Gasteiger partial charge in [0, 0.05) is 63.2 Å². The van der Waals surface area contributed by atoms with Gasteiger partial charge in [0.2, 0.25) is 0 Å². The molecule has 0 bridgehead atoms. The van der Waals surface area contributed by atoms with Crippen molar-refractivity contribution in [3.63, 3.8) is 0 Å². The summed E-state index contributed by atoms with van der Waals surface area (Å²) in [4.78, 5) is 21.7. The molecule has 0 radical (unpaired) electrons. The third kappa shape index (κ3) is 7.88. The predicted octanol–water partition coefficient (Wildman–Crippen LogP) is 4.84. The lowest BCUT2D eigenvalue weighted by molar-refractivity contribution is -0.00681. The molecule has 1 N–H and O–H groups in total. The topological polar surface area (TPSA) is 84.3 Å². The Balaban J connectivity index is 1.18. The van der Waals surface area contributed by atoms with Crippen molar-refractivity contribution in [1.29, 1.82) is 5.26 Å². The monoisotopic (exact) mass is 678 g/mol. The molecule has 3 saturated heterocycles. The Morgan fingerprint density at radius 3 is 2.49 bits per heavy atom. The molecular formula is C38H52F2N6O3. The van der Waals surface area contributed by atoms with Crippen LogP contribution in [0, 0.1) is 40.7 Å². The van der Waals surface area contributed by atoms with E-state index in [1.807, 2.05) is 31.1 Å². The van der Waals surface area contributed by atoms with Crippen molar-refractivity contribution in [3.05, 3.63) is 64.7 Å². The Kier molecular flexibility index (Phi) is 11.4. The molecule has 4 fully saturated rings.